The molecule has 3 heteroatoms. The van der Waals surface area contributed by atoms with Gasteiger partial charge in [0.05, 0.1) is 12.1 Å². The Morgan fingerprint density at radius 3 is 2.76 bits per heavy atom. The standard InChI is InChI=1S/C14H25N3/c1-13(2)6-3-7-14(9-13)10-16-12(15)17(14)8-11-4-5-11/h11H,3-10H2,1-2H3,(H2,15,16). The molecule has 1 unspecified atom stereocenters. The fourth-order valence-electron chi connectivity index (χ4n) is 3.82. The van der Waals surface area contributed by atoms with E-state index in [9.17, 15) is 0 Å². The summed E-state index contributed by atoms with van der Waals surface area (Å²) >= 11 is 0. The molecule has 1 heterocycles. The average molecular weight is 235 g/mol. The molecule has 0 bridgehead atoms. The predicted octanol–water partition coefficient (Wildman–Crippen LogP) is 2.37. The highest BCUT2D eigenvalue weighted by Gasteiger charge is 2.48. The van der Waals surface area contributed by atoms with E-state index >= 15 is 0 Å². The third-order valence-corrected chi connectivity index (χ3v) is 4.83. The molecule has 3 rings (SSSR count). The van der Waals surface area contributed by atoms with Crippen molar-refractivity contribution in [3.05, 3.63) is 0 Å². The topological polar surface area (TPSA) is 41.6 Å². The van der Waals surface area contributed by atoms with Crippen LogP contribution in [0.25, 0.3) is 0 Å². The number of guanidine groups is 1. The first kappa shape index (κ1) is 11.4. The van der Waals surface area contributed by atoms with Crippen LogP contribution >= 0.6 is 0 Å². The third kappa shape index (κ3) is 2.04. The Morgan fingerprint density at radius 1 is 1.35 bits per heavy atom. The van der Waals surface area contributed by atoms with Gasteiger partial charge in [0.1, 0.15) is 0 Å². The quantitative estimate of drug-likeness (QED) is 0.798. The zero-order chi connectivity index (χ0) is 12.1. The van der Waals surface area contributed by atoms with Crippen LogP contribution < -0.4 is 5.73 Å². The number of hydrogen-bond acceptors (Lipinski definition) is 3. The lowest BCUT2D eigenvalue weighted by Crippen LogP contribution is -2.55. The molecule has 17 heavy (non-hydrogen) atoms. The molecule has 1 atom stereocenters. The second kappa shape index (κ2) is 3.63. The molecular weight excluding hydrogens is 210 g/mol. The van der Waals surface area contributed by atoms with Crippen molar-refractivity contribution in [3.8, 4) is 0 Å². The summed E-state index contributed by atoms with van der Waals surface area (Å²) in [6.07, 6.45) is 8.01. The Hall–Kier alpha value is -0.730. The van der Waals surface area contributed by atoms with Crippen molar-refractivity contribution >= 4 is 5.96 Å². The van der Waals surface area contributed by atoms with E-state index in [4.69, 9.17) is 5.73 Å². The van der Waals surface area contributed by atoms with Gasteiger partial charge in [-0.2, -0.15) is 0 Å². The molecule has 0 aromatic carbocycles. The maximum atomic E-state index is 6.13. The van der Waals surface area contributed by atoms with Gasteiger partial charge in [0.25, 0.3) is 0 Å². The molecule has 0 aromatic heterocycles. The molecule has 0 radical (unpaired) electrons. The van der Waals surface area contributed by atoms with Crippen LogP contribution in [0, 0.1) is 11.3 Å². The van der Waals surface area contributed by atoms with Crippen LogP contribution in [-0.2, 0) is 0 Å². The molecule has 0 amide bonds. The number of hydrogen-bond donors (Lipinski definition) is 1. The van der Waals surface area contributed by atoms with Gasteiger partial charge < -0.3 is 10.6 Å². The summed E-state index contributed by atoms with van der Waals surface area (Å²) < 4.78 is 0. The summed E-state index contributed by atoms with van der Waals surface area (Å²) in [5.41, 5.74) is 6.86. The van der Waals surface area contributed by atoms with Crippen LogP contribution in [0.2, 0.25) is 0 Å². The van der Waals surface area contributed by atoms with E-state index in [1.807, 2.05) is 0 Å². The molecular formula is C14H25N3. The van der Waals surface area contributed by atoms with Gasteiger partial charge in [-0.3, -0.25) is 4.99 Å². The SMILES string of the molecule is CC1(C)CCCC2(CN=C(N)N2CC2CC2)C1. The Morgan fingerprint density at radius 2 is 2.12 bits per heavy atom. The molecule has 0 aromatic rings. The van der Waals surface area contributed by atoms with Crippen molar-refractivity contribution in [1.29, 1.82) is 0 Å². The Labute approximate surface area is 104 Å². The van der Waals surface area contributed by atoms with Crippen molar-refractivity contribution in [1.82, 2.24) is 4.90 Å². The van der Waals surface area contributed by atoms with E-state index in [1.165, 1.54) is 38.5 Å². The lowest BCUT2D eigenvalue weighted by Gasteiger charge is -2.48. The van der Waals surface area contributed by atoms with Gasteiger partial charge in [0, 0.05) is 6.54 Å². The van der Waals surface area contributed by atoms with E-state index in [0.29, 0.717) is 5.41 Å². The van der Waals surface area contributed by atoms with Gasteiger partial charge in [-0.1, -0.05) is 20.3 Å². The molecule has 96 valence electrons. The second-order valence-corrected chi connectivity index (χ2v) is 7.15. The highest BCUT2D eigenvalue weighted by Crippen LogP contribution is 2.47. The monoisotopic (exact) mass is 235 g/mol. The molecule has 2 aliphatic carbocycles. The van der Waals surface area contributed by atoms with Gasteiger partial charge in [-0.15, -0.1) is 0 Å². The maximum absolute atomic E-state index is 6.13. The maximum Gasteiger partial charge on any atom is 0.191 e. The van der Waals surface area contributed by atoms with E-state index in [0.717, 1.165) is 25.0 Å². The normalized spacial score (nSPS) is 36.4. The highest BCUT2D eigenvalue weighted by atomic mass is 15.4. The Kier molecular flexibility index (Phi) is 2.43. The lowest BCUT2D eigenvalue weighted by atomic mass is 9.67. The molecule has 3 nitrogen and oxygen atoms in total. The van der Waals surface area contributed by atoms with Crippen molar-refractivity contribution in [2.24, 2.45) is 22.1 Å². The molecule has 2 N–H and O–H groups in total. The molecule has 2 saturated carbocycles. The van der Waals surface area contributed by atoms with E-state index in [-0.39, 0.29) is 5.54 Å². The summed E-state index contributed by atoms with van der Waals surface area (Å²) in [4.78, 5) is 7.03. The van der Waals surface area contributed by atoms with Crippen molar-refractivity contribution in [2.75, 3.05) is 13.1 Å². The first-order chi connectivity index (χ1) is 8.01. The number of rotatable bonds is 2. The van der Waals surface area contributed by atoms with Crippen LogP contribution in [0.5, 0.6) is 0 Å². The van der Waals surface area contributed by atoms with Crippen molar-refractivity contribution < 1.29 is 0 Å². The number of nitrogens with zero attached hydrogens (tertiary/aromatic N) is 2. The molecule has 1 spiro atoms. The van der Waals surface area contributed by atoms with Crippen LogP contribution in [0.3, 0.4) is 0 Å². The Balaban J connectivity index is 1.80. The minimum absolute atomic E-state index is 0.272. The minimum Gasteiger partial charge on any atom is -0.370 e. The Bertz CT molecular complexity index is 343. The summed E-state index contributed by atoms with van der Waals surface area (Å²) in [6, 6.07) is 0. The molecule has 1 aliphatic heterocycles. The number of nitrogens with two attached hydrogens (primary N) is 1. The third-order valence-electron chi connectivity index (χ3n) is 4.83. The smallest absolute Gasteiger partial charge is 0.191 e. The largest absolute Gasteiger partial charge is 0.370 e. The van der Waals surface area contributed by atoms with Crippen LogP contribution in [0.4, 0.5) is 0 Å². The summed E-state index contributed by atoms with van der Waals surface area (Å²) in [5.74, 6) is 1.71. The zero-order valence-corrected chi connectivity index (χ0v) is 11.2. The van der Waals surface area contributed by atoms with E-state index < -0.39 is 0 Å². The summed E-state index contributed by atoms with van der Waals surface area (Å²) in [5, 5.41) is 0. The van der Waals surface area contributed by atoms with Gasteiger partial charge in [0.2, 0.25) is 0 Å². The molecule has 0 saturated heterocycles. The minimum atomic E-state index is 0.272. The van der Waals surface area contributed by atoms with Gasteiger partial charge in [0.15, 0.2) is 5.96 Å². The van der Waals surface area contributed by atoms with Crippen LogP contribution in [-0.4, -0.2) is 29.5 Å². The van der Waals surface area contributed by atoms with Gasteiger partial charge in [-0.25, -0.2) is 0 Å². The first-order valence-electron chi connectivity index (χ1n) is 7.08. The number of aliphatic imine (C=N–C) groups is 1. The average Bonchev–Trinajstić information content (AvgIpc) is 3.00. The molecule has 3 aliphatic rings. The van der Waals surface area contributed by atoms with Gasteiger partial charge >= 0.3 is 0 Å². The first-order valence-corrected chi connectivity index (χ1v) is 7.08. The van der Waals surface area contributed by atoms with Gasteiger partial charge in [-0.05, 0) is 43.4 Å². The highest BCUT2D eigenvalue weighted by molar-refractivity contribution is 5.81. The predicted molar refractivity (Wildman–Crippen MR) is 70.9 cm³/mol. The van der Waals surface area contributed by atoms with E-state index in [1.54, 1.807) is 0 Å². The van der Waals surface area contributed by atoms with Crippen LogP contribution in [0.1, 0.15) is 52.4 Å². The summed E-state index contributed by atoms with van der Waals surface area (Å²) in [7, 11) is 0. The molecule has 2 fully saturated rings. The van der Waals surface area contributed by atoms with Crippen molar-refractivity contribution in [2.45, 2.75) is 57.9 Å². The van der Waals surface area contributed by atoms with E-state index in [2.05, 4.69) is 23.7 Å². The summed E-state index contributed by atoms with van der Waals surface area (Å²) in [6.45, 7) is 6.90. The second-order valence-electron chi connectivity index (χ2n) is 7.15. The van der Waals surface area contributed by atoms with Crippen LogP contribution in [0.15, 0.2) is 4.99 Å². The fourth-order valence-corrected chi connectivity index (χ4v) is 3.82. The van der Waals surface area contributed by atoms with Crippen molar-refractivity contribution in [3.63, 3.8) is 0 Å². The fraction of sp³-hybridized carbons (Fsp3) is 0.929. The zero-order valence-electron chi connectivity index (χ0n) is 11.2. The lowest BCUT2D eigenvalue weighted by molar-refractivity contribution is 0.0651.